The van der Waals surface area contributed by atoms with E-state index in [1.54, 1.807) is 0 Å². The zero-order valence-electron chi connectivity index (χ0n) is 10.6. The van der Waals surface area contributed by atoms with E-state index in [4.69, 9.17) is 4.74 Å². The van der Waals surface area contributed by atoms with E-state index in [1.807, 2.05) is 12.1 Å². The summed E-state index contributed by atoms with van der Waals surface area (Å²) in [7, 11) is 0. The second-order valence-electron chi connectivity index (χ2n) is 5.33. The van der Waals surface area contributed by atoms with E-state index in [0.29, 0.717) is 17.6 Å². The monoisotopic (exact) mass is 260 g/mol. The highest BCUT2D eigenvalue weighted by atomic mass is 16.5. The highest BCUT2D eigenvalue weighted by Gasteiger charge is 2.32. The van der Waals surface area contributed by atoms with Gasteiger partial charge in [-0.2, -0.15) is 0 Å². The summed E-state index contributed by atoms with van der Waals surface area (Å²) in [6.45, 7) is 2.78. The molecule has 100 valence electrons. The topological polar surface area (TPSA) is 68.4 Å². The minimum Gasteiger partial charge on any atom is -0.381 e. The molecular formula is C12H16N6O. The third-order valence-corrected chi connectivity index (χ3v) is 3.82. The molecule has 1 aliphatic carbocycles. The van der Waals surface area contributed by atoms with Gasteiger partial charge in [0.25, 0.3) is 0 Å². The van der Waals surface area contributed by atoms with Gasteiger partial charge in [-0.15, -0.1) is 14.8 Å². The number of rotatable bonds is 4. The third-order valence-electron chi connectivity index (χ3n) is 3.82. The Bertz CT molecular complexity index is 574. The number of nitrogens with zero attached hydrogens (tertiary/aromatic N) is 6. The smallest absolute Gasteiger partial charge is 0.200 e. The molecular weight excluding hydrogens is 244 g/mol. The quantitative estimate of drug-likeness (QED) is 0.798. The number of ether oxygens (including phenoxy) is 1. The van der Waals surface area contributed by atoms with Crippen molar-refractivity contribution >= 4 is 11.5 Å². The number of anilines is 1. The molecule has 1 saturated carbocycles. The zero-order chi connectivity index (χ0) is 12.7. The molecule has 0 aromatic carbocycles. The highest BCUT2D eigenvalue weighted by molar-refractivity contribution is 5.46. The van der Waals surface area contributed by atoms with Crippen LogP contribution in [0.25, 0.3) is 5.65 Å². The molecule has 7 nitrogen and oxygen atoms in total. The van der Waals surface area contributed by atoms with Crippen LogP contribution in [0.4, 0.5) is 5.82 Å². The lowest BCUT2D eigenvalue weighted by Crippen LogP contribution is -2.33. The van der Waals surface area contributed by atoms with Crippen molar-refractivity contribution in [3.63, 3.8) is 0 Å². The van der Waals surface area contributed by atoms with Crippen molar-refractivity contribution in [2.24, 2.45) is 5.92 Å². The van der Waals surface area contributed by atoms with Crippen LogP contribution in [0.2, 0.25) is 0 Å². The summed E-state index contributed by atoms with van der Waals surface area (Å²) >= 11 is 0. The van der Waals surface area contributed by atoms with Crippen molar-refractivity contribution in [1.82, 2.24) is 25.3 Å². The summed E-state index contributed by atoms with van der Waals surface area (Å²) in [6.07, 6.45) is 3.65. The average Bonchev–Trinajstić information content (AvgIpc) is 2.96. The second kappa shape index (κ2) is 4.41. The van der Waals surface area contributed by atoms with Gasteiger partial charge in [-0.3, -0.25) is 0 Å². The van der Waals surface area contributed by atoms with Gasteiger partial charge >= 0.3 is 0 Å². The van der Waals surface area contributed by atoms with Gasteiger partial charge in [-0.1, -0.05) is 0 Å². The van der Waals surface area contributed by atoms with Gasteiger partial charge in [0.1, 0.15) is 0 Å². The average molecular weight is 260 g/mol. The molecule has 7 heteroatoms. The largest absolute Gasteiger partial charge is 0.381 e. The van der Waals surface area contributed by atoms with E-state index in [9.17, 15) is 0 Å². The predicted octanol–water partition coefficient (Wildman–Crippen LogP) is 0.525. The molecule has 0 radical (unpaired) electrons. The molecule has 0 amide bonds. The van der Waals surface area contributed by atoms with Gasteiger partial charge in [0.2, 0.25) is 0 Å². The van der Waals surface area contributed by atoms with Crippen LogP contribution < -0.4 is 4.90 Å². The molecule has 2 aromatic rings. The van der Waals surface area contributed by atoms with Gasteiger partial charge in [-0.25, -0.2) is 0 Å². The first-order valence-electron chi connectivity index (χ1n) is 6.80. The summed E-state index contributed by atoms with van der Waals surface area (Å²) < 4.78 is 6.96. The van der Waals surface area contributed by atoms with Gasteiger partial charge < -0.3 is 9.64 Å². The Morgan fingerprint density at radius 1 is 1.32 bits per heavy atom. The molecule has 19 heavy (non-hydrogen) atoms. The number of fused-ring (bicyclic) bond motifs is 1. The molecule has 2 fully saturated rings. The number of hydrogen-bond donors (Lipinski definition) is 0. The molecule has 2 aromatic heterocycles. The molecule has 1 aliphatic heterocycles. The van der Waals surface area contributed by atoms with E-state index < -0.39 is 0 Å². The maximum Gasteiger partial charge on any atom is 0.200 e. The number of hydrogen-bond acceptors (Lipinski definition) is 6. The summed E-state index contributed by atoms with van der Waals surface area (Å²) in [5.74, 6) is 1.58. The molecule has 1 saturated heterocycles. The molecule has 0 bridgehead atoms. The summed E-state index contributed by atoms with van der Waals surface area (Å²) in [6, 6.07) is 4.56. The number of aromatic nitrogens is 5. The third kappa shape index (κ3) is 2.14. The summed E-state index contributed by atoms with van der Waals surface area (Å²) in [5, 5.41) is 15.9. The molecule has 2 aliphatic rings. The fraction of sp³-hybridized carbons (Fsp3) is 0.667. The van der Waals surface area contributed by atoms with Gasteiger partial charge in [-0.05, 0) is 41.8 Å². The van der Waals surface area contributed by atoms with Crippen LogP contribution in [0.5, 0.6) is 0 Å². The van der Waals surface area contributed by atoms with Crippen molar-refractivity contribution in [2.75, 3.05) is 24.7 Å². The van der Waals surface area contributed by atoms with Crippen LogP contribution in [0, 0.1) is 5.92 Å². The van der Waals surface area contributed by atoms with E-state index in [1.165, 1.54) is 17.5 Å². The summed E-state index contributed by atoms with van der Waals surface area (Å²) in [4.78, 5) is 2.39. The lowest BCUT2D eigenvalue weighted by molar-refractivity contribution is 0.186. The fourth-order valence-electron chi connectivity index (χ4n) is 2.61. The van der Waals surface area contributed by atoms with Gasteiger partial charge in [0.15, 0.2) is 11.5 Å². The Labute approximate surface area is 110 Å². The van der Waals surface area contributed by atoms with Gasteiger partial charge in [0.05, 0.1) is 6.61 Å². The molecule has 0 spiro atoms. The lowest BCUT2D eigenvalue weighted by atomic mass is 10.1. The van der Waals surface area contributed by atoms with Crippen molar-refractivity contribution in [3.05, 3.63) is 12.1 Å². The Hall–Kier alpha value is -1.76. The first-order chi connectivity index (χ1) is 9.40. The molecule has 0 unspecified atom stereocenters. The standard InChI is InChI=1S/C12H16N6O/c1-2-10(1)17(7-9-5-6-19-8-9)12-4-3-11-13-15-16-18(11)14-12/h3-4,9-10H,1-2,5-8H2/t9-/m0/s1. The van der Waals surface area contributed by atoms with E-state index in [-0.39, 0.29) is 0 Å². The highest BCUT2D eigenvalue weighted by Crippen LogP contribution is 2.32. The van der Waals surface area contributed by atoms with Crippen LogP contribution in [-0.2, 0) is 4.74 Å². The Kier molecular flexibility index (Phi) is 2.58. The van der Waals surface area contributed by atoms with E-state index in [0.717, 1.165) is 32.0 Å². The van der Waals surface area contributed by atoms with E-state index >= 15 is 0 Å². The minimum atomic E-state index is 0.618. The van der Waals surface area contributed by atoms with Crippen molar-refractivity contribution in [3.8, 4) is 0 Å². The SMILES string of the molecule is c1cc2nnnn2nc1N(C[C@@H]1CCOC1)C1CC1. The lowest BCUT2D eigenvalue weighted by Gasteiger charge is -2.25. The van der Waals surface area contributed by atoms with Crippen molar-refractivity contribution < 1.29 is 4.74 Å². The van der Waals surface area contributed by atoms with Crippen LogP contribution in [-0.4, -0.2) is 51.1 Å². The molecule has 0 N–H and O–H groups in total. The van der Waals surface area contributed by atoms with Crippen molar-refractivity contribution in [2.45, 2.75) is 25.3 Å². The van der Waals surface area contributed by atoms with Crippen LogP contribution >= 0.6 is 0 Å². The fourth-order valence-corrected chi connectivity index (χ4v) is 2.61. The minimum absolute atomic E-state index is 0.618. The van der Waals surface area contributed by atoms with Crippen LogP contribution in [0.1, 0.15) is 19.3 Å². The Morgan fingerprint density at radius 3 is 3.05 bits per heavy atom. The first kappa shape index (κ1) is 11.1. The molecule has 4 rings (SSSR count). The van der Waals surface area contributed by atoms with E-state index in [2.05, 4.69) is 25.5 Å². The summed E-state index contributed by atoms with van der Waals surface area (Å²) in [5.41, 5.74) is 0.684. The Morgan fingerprint density at radius 2 is 2.26 bits per heavy atom. The normalized spacial score (nSPS) is 23.1. The molecule has 3 heterocycles. The number of tetrazole rings is 1. The maximum atomic E-state index is 5.47. The van der Waals surface area contributed by atoms with Crippen LogP contribution in [0.15, 0.2) is 12.1 Å². The van der Waals surface area contributed by atoms with Crippen LogP contribution in [0.3, 0.4) is 0 Å². The zero-order valence-corrected chi connectivity index (χ0v) is 10.6. The van der Waals surface area contributed by atoms with Crippen molar-refractivity contribution in [1.29, 1.82) is 0 Å². The maximum absolute atomic E-state index is 5.47. The Balaban J connectivity index is 1.61. The van der Waals surface area contributed by atoms with Gasteiger partial charge in [0, 0.05) is 25.1 Å². The predicted molar refractivity (Wildman–Crippen MR) is 67.9 cm³/mol. The molecule has 1 atom stereocenters. The second-order valence-corrected chi connectivity index (χ2v) is 5.33. The first-order valence-corrected chi connectivity index (χ1v) is 6.80.